The fourth-order valence-corrected chi connectivity index (χ4v) is 2.34. The first-order valence-electron chi connectivity index (χ1n) is 6.96. The van der Waals surface area contributed by atoms with Crippen molar-refractivity contribution in [3.05, 3.63) is 54.1 Å². The zero-order chi connectivity index (χ0) is 15.1. The molecule has 0 aliphatic carbocycles. The zero-order valence-electron chi connectivity index (χ0n) is 12.0. The van der Waals surface area contributed by atoms with Gasteiger partial charge >= 0.3 is 0 Å². The van der Waals surface area contributed by atoms with Gasteiger partial charge in [-0.3, -0.25) is 0 Å². The van der Waals surface area contributed by atoms with Crippen LogP contribution in [0, 0.1) is 6.92 Å². The van der Waals surface area contributed by atoms with Crippen molar-refractivity contribution in [2.45, 2.75) is 6.92 Å². The number of nitrogens with zero attached hydrogens (tertiary/aromatic N) is 4. The maximum absolute atomic E-state index is 6.01. The third-order valence-corrected chi connectivity index (χ3v) is 3.52. The number of hydrogen-bond donors (Lipinski definition) is 2. The molecular formula is C16H14N6. The van der Waals surface area contributed by atoms with Crippen molar-refractivity contribution < 1.29 is 0 Å². The van der Waals surface area contributed by atoms with Gasteiger partial charge in [-0.2, -0.15) is 0 Å². The smallest absolute Gasteiger partial charge is 0.177 e. The zero-order valence-corrected chi connectivity index (χ0v) is 12.0. The van der Waals surface area contributed by atoms with Crippen molar-refractivity contribution >= 4 is 16.9 Å². The molecular weight excluding hydrogens is 276 g/mol. The van der Waals surface area contributed by atoms with E-state index < -0.39 is 0 Å². The molecule has 0 amide bonds. The van der Waals surface area contributed by atoms with Gasteiger partial charge in [0, 0.05) is 0 Å². The van der Waals surface area contributed by atoms with Crippen LogP contribution in [0.3, 0.4) is 0 Å². The highest BCUT2D eigenvalue weighted by Gasteiger charge is 2.15. The lowest BCUT2D eigenvalue weighted by Crippen LogP contribution is -1.99. The molecule has 0 aliphatic heterocycles. The lowest BCUT2D eigenvalue weighted by Gasteiger charge is -1.98. The highest BCUT2D eigenvalue weighted by atomic mass is 15.5. The van der Waals surface area contributed by atoms with Gasteiger partial charge in [0.25, 0.3) is 0 Å². The first-order valence-corrected chi connectivity index (χ1v) is 6.96. The summed E-state index contributed by atoms with van der Waals surface area (Å²) in [6.07, 6.45) is 0. The molecule has 6 heteroatoms. The van der Waals surface area contributed by atoms with E-state index in [9.17, 15) is 0 Å². The van der Waals surface area contributed by atoms with Crippen molar-refractivity contribution in [3.8, 4) is 17.2 Å². The number of nitrogens with two attached hydrogens (primary N) is 1. The van der Waals surface area contributed by atoms with Gasteiger partial charge in [0.1, 0.15) is 0 Å². The summed E-state index contributed by atoms with van der Waals surface area (Å²) in [5.41, 5.74) is 10.4. The second-order valence-corrected chi connectivity index (χ2v) is 5.16. The number of nitrogen functional groups attached to an aromatic ring is 1. The topological polar surface area (TPSA) is 85.4 Å². The molecule has 0 bridgehead atoms. The maximum Gasteiger partial charge on any atom is 0.177 e. The van der Waals surface area contributed by atoms with Crippen LogP contribution in [0.5, 0.6) is 0 Å². The molecule has 2 heterocycles. The first-order chi connectivity index (χ1) is 10.7. The summed E-state index contributed by atoms with van der Waals surface area (Å²) in [6, 6.07) is 15.7. The van der Waals surface area contributed by atoms with Gasteiger partial charge < -0.3 is 10.7 Å². The van der Waals surface area contributed by atoms with Crippen LogP contribution in [0.2, 0.25) is 0 Å². The van der Waals surface area contributed by atoms with Crippen molar-refractivity contribution in [1.82, 2.24) is 25.0 Å². The van der Waals surface area contributed by atoms with Gasteiger partial charge in [0.05, 0.1) is 16.7 Å². The summed E-state index contributed by atoms with van der Waals surface area (Å²) in [6.45, 7) is 2.04. The minimum Gasteiger partial charge on any atom is -0.380 e. The molecule has 0 atom stereocenters. The van der Waals surface area contributed by atoms with E-state index in [1.165, 1.54) is 10.4 Å². The van der Waals surface area contributed by atoms with Crippen LogP contribution >= 0.6 is 0 Å². The van der Waals surface area contributed by atoms with Gasteiger partial charge in [-0.1, -0.05) is 29.8 Å². The monoisotopic (exact) mass is 290 g/mol. The molecule has 0 aliphatic rings. The Morgan fingerprint density at radius 3 is 2.55 bits per heavy atom. The van der Waals surface area contributed by atoms with Crippen LogP contribution in [-0.4, -0.2) is 25.0 Å². The molecule has 2 aromatic carbocycles. The van der Waals surface area contributed by atoms with Gasteiger partial charge in [-0.05, 0) is 31.2 Å². The standard InChI is InChI=1S/C16H14N6/c1-10-6-8-11(9-7-10)22-20-14(15(17)21-22)16-18-12-4-2-3-5-13(12)19-16/h2-9H,1H3,(H2,17,21)(H,18,19). The highest BCUT2D eigenvalue weighted by molar-refractivity contribution is 5.80. The number of H-pyrrole nitrogens is 1. The molecule has 0 spiro atoms. The van der Waals surface area contributed by atoms with Crippen molar-refractivity contribution in [3.63, 3.8) is 0 Å². The largest absolute Gasteiger partial charge is 0.380 e. The summed E-state index contributed by atoms with van der Waals surface area (Å²) in [5.74, 6) is 0.969. The number of benzene rings is 2. The molecule has 0 radical (unpaired) electrons. The third-order valence-electron chi connectivity index (χ3n) is 3.52. The number of fused-ring (bicyclic) bond motifs is 1. The Balaban J connectivity index is 1.81. The van der Waals surface area contributed by atoms with Gasteiger partial charge in [0.15, 0.2) is 17.3 Å². The maximum atomic E-state index is 6.01. The average Bonchev–Trinajstić information content (AvgIpc) is 3.11. The Hall–Kier alpha value is -3.15. The molecule has 108 valence electrons. The van der Waals surface area contributed by atoms with E-state index >= 15 is 0 Å². The lowest BCUT2D eigenvalue weighted by atomic mass is 10.2. The van der Waals surface area contributed by atoms with Crippen LogP contribution in [0.25, 0.3) is 28.2 Å². The Morgan fingerprint density at radius 1 is 1.00 bits per heavy atom. The molecule has 0 saturated heterocycles. The molecule has 6 nitrogen and oxygen atoms in total. The minimum atomic E-state index is 0.347. The summed E-state index contributed by atoms with van der Waals surface area (Å²) in [5, 5.41) is 8.74. The van der Waals surface area contributed by atoms with E-state index in [2.05, 4.69) is 20.2 Å². The molecule has 22 heavy (non-hydrogen) atoms. The molecule has 0 unspecified atom stereocenters. The average molecular weight is 290 g/mol. The number of nitrogens with one attached hydrogen (secondary N) is 1. The molecule has 4 aromatic rings. The fourth-order valence-electron chi connectivity index (χ4n) is 2.34. The van der Waals surface area contributed by atoms with E-state index in [-0.39, 0.29) is 0 Å². The van der Waals surface area contributed by atoms with Crippen molar-refractivity contribution in [2.24, 2.45) is 0 Å². The molecule has 4 rings (SSSR count). The SMILES string of the molecule is Cc1ccc(-n2nc(N)c(-c3nc4ccccc4[nH]3)n2)cc1. The van der Waals surface area contributed by atoms with E-state index in [1.807, 2.05) is 55.5 Å². The number of anilines is 1. The van der Waals surface area contributed by atoms with E-state index in [0.717, 1.165) is 16.7 Å². The quantitative estimate of drug-likeness (QED) is 0.594. The predicted octanol–water partition coefficient (Wildman–Crippen LogP) is 2.70. The molecule has 0 fully saturated rings. The predicted molar refractivity (Wildman–Crippen MR) is 85.6 cm³/mol. The molecule has 2 aromatic heterocycles. The third kappa shape index (κ3) is 2.01. The first kappa shape index (κ1) is 12.6. The van der Waals surface area contributed by atoms with Crippen LogP contribution in [0.4, 0.5) is 5.82 Å². The van der Waals surface area contributed by atoms with Gasteiger partial charge in [-0.25, -0.2) is 4.98 Å². The minimum absolute atomic E-state index is 0.347. The summed E-state index contributed by atoms with van der Waals surface area (Å²) in [7, 11) is 0. The number of hydrogen-bond acceptors (Lipinski definition) is 4. The van der Waals surface area contributed by atoms with Crippen LogP contribution in [-0.2, 0) is 0 Å². The normalized spacial score (nSPS) is 11.1. The second-order valence-electron chi connectivity index (χ2n) is 5.16. The Bertz CT molecular complexity index is 915. The Kier molecular flexibility index (Phi) is 2.69. The van der Waals surface area contributed by atoms with E-state index in [1.54, 1.807) is 0 Å². The number of aryl methyl sites for hydroxylation is 1. The highest BCUT2D eigenvalue weighted by Crippen LogP contribution is 2.23. The van der Waals surface area contributed by atoms with E-state index in [4.69, 9.17) is 5.73 Å². The lowest BCUT2D eigenvalue weighted by molar-refractivity contribution is 0.755. The number of para-hydroxylation sites is 2. The second kappa shape index (κ2) is 4.70. The van der Waals surface area contributed by atoms with Crippen LogP contribution in [0.1, 0.15) is 5.56 Å². The number of imidazole rings is 1. The number of aromatic amines is 1. The summed E-state index contributed by atoms with van der Waals surface area (Å²) < 4.78 is 0. The van der Waals surface area contributed by atoms with Gasteiger partial charge in [-0.15, -0.1) is 15.0 Å². The van der Waals surface area contributed by atoms with Crippen molar-refractivity contribution in [2.75, 3.05) is 5.73 Å². The molecule has 0 saturated carbocycles. The van der Waals surface area contributed by atoms with Crippen LogP contribution < -0.4 is 5.73 Å². The van der Waals surface area contributed by atoms with Gasteiger partial charge in [0.2, 0.25) is 0 Å². The van der Waals surface area contributed by atoms with Crippen molar-refractivity contribution in [1.29, 1.82) is 0 Å². The fraction of sp³-hybridized carbons (Fsp3) is 0.0625. The van der Waals surface area contributed by atoms with E-state index in [0.29, 0.717) is 17.3 Å². The molecule has 3 N–H and O–H groups in total. The number of aromatic nitrogens is 5. The number of rotatable bonds is 2. The summed E-state index contributed by atoms with van der Waals surface area (Å²) in [4.78, 5) is 9.26. The Labute approximate surface area is 126 Å². The van der Waals surface area contributed by atoms with Crippen LogP contribution in [0.15, 0.2) is 48.5 Å². The summed E-state index contributed by atoms with van der Waals surface area (Å²) >= 11 is 0. The Morgan fingerprint density at radius 2 is 1.77 bits per heavy atom.